The van der Waals surface area contributed by atoms with Crippen LogP contribution in [0, 0.1) is 13.8 Å². The van der Waals surface area contributed by atoms with Gasteiger partial charge < -0.3 is 9.32 Å². The van der Waals surface area contributed by atoms with Gasteiger partial charge >= 0.3 is 0 Å². The Kier molecular flexibility index (Phi) is 4.87. The number of hydrogen-bond donors (Lipinski definition) is 0. The highest BCUT2D eigenvalue weighted by atomic mass is 35.5. The summed E-state index contributed by atoms with van der Waals surface area (Å²) in [5.41, 5.74) is 0.661. The molecule has 90 valence electrons. The van der Waals surface area contributed by atoms with Crippen LogP contribution in [0.25, 0.3) is 0 Å². The molecular weight excluding hydrogens is 226 g/mol. The Balaban J connectivity index is 2.78. The van der Waals surface area contributed by atoms with E-state index in [4.69, 9.17) is 16.0 Å². The number of halogens is 1. The van der Waals surface area contributed by atoms with Crippen LogP contribution in [0.5, 0.6) is 0 Å². The Labute approximate surface area is 101 Å². The summed E-state index contributed by atoms with van der Waals surface area (Å²) in [5, 5.41) is 0. The highest BCUT2D eigenvalue weighted by molar-refractivity contribution is 6.17. The van der Waals surface area contributed by atoms with Crippen molar-refractivity contribution in [2.24, 2.45) is 0 Å². The molecule has 0 saturated carbocycles. The second-order valence-electron chi connectivity index (χ2n) is 3.75. The predicted octanol–water partition coefficient (Wildman–Crippen LogP) is 2.99. The molecule has 1 heterocycles. The topological polar surface area (TPSA) is 33.5 Å². The van der Waals surface area contributed by atoms with Gasteiger partial charge in [0.2, 0.25) is 0 Å². The number of aryl methyl sites for hydroxylation is 2. The SMILES string of the molecule is CCN(CCCCl)C(=O)c1cc(C)oc1C. The maximum Gasteiger partial charge on any atom is 0.257 e. The molecule has 4 heteroatoms. The molecule has 0 aliphatic carbocycles. The minimum absolute atomic E-state index is 0.0296. The van der Waals surface area contributed by atoms with Crippen LogP contribution in [0.3, 0.4) is 0 Å². The fourth-order valence-corrected chi connectivity index (χ4v) is 1.79. The molecule has 0 unspecified atom stereocenters. The van der Waals surface area contributed by atoms with Crippen LogP contribution in [0.4, 0.5) is 0 Å². The lowest BCUT2D eigenvalue weighted by Crippen LogP contribution is -2.32. The van der Waals surface area contributed by atoms with E-state index in [1.165, 1.54) is 0 Å². The maximum atomic E-state index is 12.1. The number of carbonyl (C=O) groups is 1. The van der Waals surface area contributed by atoms with E-state index < -0.39 is 0 Å². The van der Waals surface area contributed by atoms with Crippen LogP contribution >= 0.6 is 11.6 Å². The Bertz CT molecular complexity index is 360. The average Bonchev–Trinajstić information content (AvgIpc) is 2.58. The van der Waals surface area contributed by atoms with E-state index in [0.29, 0.717) is 30.3 Å². The number of nitrogens with zero attached hydrogens (tertiary/aromatic N) is 1. The Morgan fingerprint density at radius 2 is 2.19 bits per heavy atom. The van der Waals surface area contributed by atoms with E-state index in [2.05, 4.69) is 0 Å². The van der Waals surface area contributed by atoms with Crippen LogP contribution in [0.1, 0.15) is 35.2 Å². The predicted molar refractivity (Wildman–Crippen MR) is 65.1 cm³/mol. The van der Waals surface area contributed by atoms with Crippen molar-refractivity contribution >= 4 is 17.5 Å². The van der Waals surface area contributed by atoms with E-state index >= 15 is 0 Å². The van der Waals surface area contributed by atoms with Gasteiger partial charge in [0, 0.05) is 19.0 Å². The molecule has 1 rings (SSSR count). The van der Waals surface area contributed by atoms with Gasteiger partial charge in [-0.2, -0.15) is 0 Å². The van der Waals surface area contributed by atoms with Crippen LogP contribution in [-0.4, -0.2) is 29.8 Å². The molecule has 0 atom stereocenters. The standard InChI is InChI=1S/C12H18ClNO2/c1-4-14(7-5-6-13)12(15)11-8-9(2)16-10(11)3/h8H,4-7H2,1-3H3. The van der Waals surface area contributed by atoms with Gasteiger partial charge in [-0.1, -0.05) is 0 Å². The van der Waals surface area contributed by atoms with Crippen molar-refractivity contribution in [3.05, 3.63) is 23.2 Å². The number of hydrogen-bond acceptors (Lipinski definition) is 2. The first-order valence-electron chi connectivity index (χ1n) is 5.52. The monoisotopic (exact) mass is 243 g/mol. The summed E-state index contributed by atoms with van der Waals surface area (Å²) in [7, 11) is 0. The Hall–Kier alpha value is -0.960. The molecular formula is C12H18ClNO2. The minimum Gasteiger partial charge on any atom is -0.466 e. The fourth-order valence-electron chi connectivity index (χ4n) is 1.67. The summed E-state index contributed by atoms with van der Waals surface area (Å²) < 4.78 is 5.36. The van der Waals surface area contributed by atoms with Gasteiger partial charge in [-0.3, -0.25) is 4.79 Å². The molecule has 0 saturated heterocycles. The molecule has 0 bridgehead atoms. The van der Waals surface area contributed by atoms with Crippen molar-refractivity contribution in [2.75, 3.05) is 19.0 Å². The lowest BCUT2D eigenvalue weighted by molar-refractivity contribution is 0.0763. The summed E-state index contributed by atoms with van der Waals surface area (Å²) in [4.78, 5) is 13.9. The number of furan rings is 1. The minimum atomic E-state index is 0.0296. The smallest absolute Gasteiger partial charge is 0.257 e. The largest absolute Gasteiger partial charge is 0.466 e. The molecule has 0 aromatic carbocycles. The molecule has 0 spiro atoms. The highest BCUT2D eigenvalue weighted by Gasteiger charge is 2.18. The van der Waals surface area contributed by atoms with Gasteiger partial charge in [0.1, 0.15) is 11.5 Å². The van der Waals surface area contributed by atoms with Crippen molar-refractivity contribution in [3.63, 3.8) is 0 Å². The number of rotatable bonds is 5. The maximum absolute atomic E-state index is 12.1. The molecule has 3 nitrogen and oxygen atoms in total. The molecule has 1 aromatic rings. The van der Waals surface area contributed by atoms with Crippen molar-refractivity contribution in [2.45, 2.75) is 27.2 Å². The first-order valence-corrected chi connectivity index (χ1v) is 6.05. The van der Waals surface area contributed by atoms with Gasteiger partial charge in [0.25, 0.3) is 5.91 Å². The van der Waals surface area contributed by atoms with E-state index in [1.807, 2.05) is 20.8 Å². The second-order valence-corrected chi connectivity index (χ2v) is 4.13. The third-order valence-corrected chi connectivity index (χ3v) is 2.77. The summed E-state index contributed by atoms with van der Waals surface area (Å²) in [6.07, 6.45) is 0.816. The third-order valence-electron chi connectivity index (χ3n) is 2.50. The number of alkyl halides is 1. The quantitative estimate of drug-likeness (QED) is 0.745. The summed E-state index contributed by atoms with van der Waals surface area (Å²) in [6.45, 7) is 7.02. The molecule has 1 aromatic heterocycles. The highest BCUT2D eigenvalue weighted by Crippen LogP contribution is 2.16. The number of carbonyl (C=O) groups excluding carboxylic acids is 1. The normalized spacial score (nSPS) is 10.5. The van der Waals surface area contributed by atoms with Crippen molar-refractivity contribution in [1.29, 1.82) is 0 Å². The van der Waals surface area contributed by atoms with Gasteiger partial charge in [-0.05, 0) is 33.3 Å². The van der Waals surface area contributed by atoms with Gasteiger partial charge in [0.15, 0.2) is 0 Å². The lowest BCUT2D eigenvalue weighted by atomic mass is 10.2. The van der Waals surface area contributed by atoms with Crippen molar-refractivity contribution < 1.29 is 9.21 Å². The van der Waals surface area contributed by atoms with Crippen molar-refractivity contribution in [3.8, 4) is 0 Å². The van der Waals surface area contributed by atoms with Crippen LogP contribution in [0.15, 0.2) is 10.5 Å². The van der Waals surface area contributed by atoms with E-state index in [0.717, 1.165) is 12.2 Å². The van der Waals surface area contributed by atoms with E-state index in [9.17, 15) is 4.79 Å². The fraction of sp³-hybridized carbons (Fsp3) is 0.583. The zero-order valence-corrected chi connectivity index (χ0v) is 10.8. The zero-order chi connectivity index (χ0) is 12.1. The first kappa shape index (κ1) is 13.1. The van der Waals surface area contributed by atoms with Gasteiger partial charge in [-0.15, -0.1) is 11.6 Å². The Morgan fingerprint density at radius 1 is 1.50 bits per heavy atom. The molecule has 0 fully saturated rings. The lowest BCUT2D eigenvalue weighted by Gasteiger charge is -2.19. The molecule has 16 heavy (non-hydrogen) atoms. The average molecular weight is 244 g/mol. The second kappa shape index (κ2) is 5.94. The molecule has 0 aliphatic heterocycles. The summed E-state index contributed by atoms with van der Waals surface area (Å²) >= 11 is 5.63. The van der Waals surface area contributed by atoms with Crippen LogP contribution in [0.2, 0.25) is 0 Å². The first-order chi connectivity index (χ1) is 7.60. The summed E-state index contributed by atoms with van der Waals surface area (Å²) in [5.74, 6) is 2.07. The van der Waals surface area contributed by atoms with E-state index in [-0.39, 0.29) is 5.91 Å². The van der Waals surface area contributed by atoms with Crippen LogP contribution in [-0.2, 0) is 0 Å². The molecule has 0 N–H and O–H groups in total. The van der Waals surface area contributed by atoms with Crippen LogP contribution < -0.4 is 0 Å². The molecule has 0 aliphatic rings. The van der Waals surface area contributed by atoms with Gasteiger partial charge in [-0.25, -0.2) is 0 Å². The molecule has 0 radical (unpaired) electrons. The third kappa shape index (κ3) is 3.01. The summed E-state index contributed by atoms with van der Waals surface area (Å²) in [6, 6.07) is 1.79. The Morgan fingerprint density at radius 3 is 2.62 bits per heavy atom. The molecule has 1 amide bonds. The zero-order valence-electron chi connectivity index (χ0n) is 10.0. The van der Waals surface area contributed by atoms with Gasteiger partial charge in [0.05, 0.1) is 5.56 Å². The van der Waals surface area contributed by atoms with E-state index in [1.54, 1.807) is 11.0 Å². The van der Waals surface area contributed by atoms with Crippen molar-refractivity contribution in [1.82, 2.24) is 4.90 Å². The number of amides is 1.